The molecule has 8 heteroatoms. The normalized spacial score (nSPS) is 17.8. The number of ketones is 1. The van der Waals surface area contributed by atoms with Gasteiger partial charge in [-0.25, -0.2) is 4.39 Å². The number of hydrogen-bond donors (Lipinski definition) is 1. The Labute approximate surface area is 182 Å². The number of carbonyl (C=O) groups is 2. The molecule has 1 fully saturated rings. The zero-order valence-electron chi connectivity index (χ0n) is 16.3. The number of aromatic nitrogens is 1. The van der Waals surface area contributed by atoms with Gasteiger partial charge in [0, 0.05) is 23.6 Å². The molecule has 1 unspecified atom stereocenters. The van der Waals surface area contributed by atoms with E-state index >= 15 is 0 Å². The summed E-state index contributed by atoms with van der Waals surface area (Å²) in [4.78, 5) is 31.2. The summed E-state index contributed by atoms with van der Waals surface area (Å²) in [5, 5.41) is 11.3. The van der Waals surface area contributed by atoms with Crippen molar-refractivity contribution in [3.8, 4) is 5.75 Å². The number of carbonyl (C=O) groups excluding carboxylic acids is 2. The first-order valence-corrected chi connectivity index (χ1v) is 9.60. The van der Waals surface area contributed by atoms with E-state index < -0.39 is 23.5 Å². The van der Waals surface area contributed by atoms with Gasteiger partial charge in [0.25, 0.3) is 11.7 Å². The van der Waals surface area contributed by atoms with Gasteiger partial charge in [-0.2, -0.15) is 0 Å². The minimum Gasteiger partial charge on any atom is -0.507 e. The summed E-state index contributed by atoms with van der Waals surface area (Å²) in [5.41, 5.74) is 1.01. The second kappa shape index (κ2) is 8.20. The molecule has 1 saturated heterocycles. The fraction of sp³-hybridized carbons (Fsp3) is 0.0870. The second-order valence-corrected chi connectivity index (χ2v) is 7.18. The van der Waals surface area contributed by atoms with E-state index in [1.165, 1.54) is 60.8 Å². The standard InChI is InChI=1S/C23H16ClFN2O4/c1-31-18-7-2-14(12-17(18)24)21(28)19-20(13-8-10-26-11-9-13)27(23(30)22(19)29)16-5-3-15(25)4-6-16/h2-12,20,28H,1H3/b21-19-. The summed E-state index contributed by atoms with van der Waals surface area (Å²) >= 11 is 6.17. The van der Waals surface area contributed by atoms with Crippen molar-refractivity contribution in [2.75, 3.05) is 12.0 Å². The molecule has 1 amide bonds. The van der Waals surface area contributed by atoms with Gasteiger partial charge in [-0.15, -0.1) is 0 Å². The van der Waals surface area contributed by atoms with E-state index in [0.29, 0.717) is 17.0 Å². The number of hydrogen-bond acceptors (Lipinski definition) is 5. The average molecular weight is 439 g/mol. The number of ether oxygens (including phenoxy) is 1. The maximum absolute atomic E-state index is 13.4. The van der Waals surface area contributed by atoms with Gasteiger partial charge in [-0.05, 0) is 60.2 Å². The molecule has 1 aromatic heterocycles. The molecule has 2 heterocycles. The average Bonchev–Trinajstić information content (AvgIpc) is 3.05. The Bertz CT molecular complexity index is 1200. The molecule has 2 aromatic carbocycles. The molecule has 1 aliphatic heterocycles. The van der Waals surface area contributed by atoms with Crippen molar-refractivity contribution < 1.29 is 23.8 Å². The van der Waals surface area contributed by atoms with Crippen LogP contribution in [0.1, 0.15) is 17.2 Å². The predicted octanol–water partition coefficient (Wildman–Crippen LogP) is 4.51. The van der Waals surface area contributed by atoms with Crippen molar-refractivity contribution in [1.29, 1.82) is 0 Å². The molecule has 4 rings (SSSR count). The van der Waals surface area contributed by atoms with E-state index in [1.54, 1.807) is 18.2 Å². The molecule has 0 aliphatic carbocycles. The summed E-state index contributed by atoms with van der Waals surface area (Å²) < 4.78 is 18.6. The highest BCUT2D eigenvalue weighted by molar-refractivity contribution is 6.51. The topological polar surface area (TPSA) is 79.7 Å². The Morgan fingerprint density at radius 1 is 1.10 bits per heavy atom. The van der Waals surface area contributed by atoms with Crippen molar-refractivity contribution in [3.63, 3.8) is 0 Å². The first-order chi connectivity index (χ1) is 14.9. The fourth-order valence-corrected chi connectivity index (χ4v) is 3.79. The van der Waals surface area contributed by atoms with Crippen molar-refractivity contribution in [2.24, 2.45) is 0 Å². The minimum absolute atomic E-state index is 0.109. The summed E-state index contributed by atoms with van der Waals surface area (Å²) in [6, 6.07) is 12.1. The summed E-state index contributed by atoms with van der Waals surface area (Å²) in [6.45, 7) is 0. The van der Waals surface area contributed by atoms with Crippen molar-refractivity contribution in [2.45, 2.75) is 6.04 Å². The van der Waals surface area contributed by atoms with E-state index in [4.69, 9.17) is 16.3 Å². The molecule has 1 N–H and O–H groups in total. The van der Waals surface area contributed by atoms with E-state index in [0.717, 1.165) is 0 Å². The van der Waals surface area contributed by atoms with E-state index in [1.807, 2.05) is 0 Å². The number of nitrogens with zero attached hydrogens (tertiary/aromatic N) is 2. The van der Waals surface area contributed by atoms with Crippen LogP contribution in [0.2, 0.25) is 5.02 Å². The van der Waals surface area contributed by atoms with Gasteiger partial charge in [0.15, 0.2) is 0 Å². The number of amides is 1. The largest absolute Gasteiger partial charge is 0.507 e. The van der Waals surface area contributed by atoms with Gasteiger partial charge < -0.3 is 9.84 Å². The lowest BCUT2D eigenvalue weighted by Crippen LogP contribution is -2.29. The Morgan fingerprint density at radius 2 is 1.77 bits per heavy atom. The van der Waals surface area contributed by atoms with Crippen LogP contribution in [0.5, 0.6) is 5.75 Å². The number of aliphatic hydroxyl groups excluding tert-OH is 1. The van der Waals surface area contributed by atoms with Crippen molar-refractivity contribution in [3.05, 3.63) is 94.5 Å². The lowest BCUT2D eigenvalue weighted by atomic mass is 9.95. The van der Waals surface area contributed by atoms with E-state index in [2.05, 4.69) is 4.98 Å². The number of methoxy groups -OCH3 is 1. The molecule has 0 radical (unpaired) electrons. The zero-order chi connectivity index (χ0) is 22.1. The number of Topliss-reactive ketones (excluding diaryl/α,β-unsaturated/α-hetero) is 1. The Kier molecular flexibility index (Phi) is 5.44. The molecule has 0 spiro atoms. The number of benzene rings is 2. The third kappa shape index (κ3) is 3.64. The molecule has 31 heavy (non-hydrogen) atoms. The van der Waals surface area contributed by atoms with E-state index in [-0.39, 0.29) is 21.9 Å². The van der Waals surface area contributed by atoms with Crippen LogP contribution in [-0.4, -0.2) is 28.9 Å². The highest BCUT2D eigenvalue weighted by Gasteiger charge is 2.47. The van der Waals surface area contributed by atoms with Crippen molar-refractivity contribution in [1.82, 2.24) is 4.98 Å². The molecule has 3 aromatic rings. The molecular weight excluding hydrogens is 423 g/mol. The molecule has 0 bridgehead atoms. The SMILES string of the molecule is COc1ccc(/C(O)=C2/C(=O)C(=O)N(c3ccc(F)cc3)C2c2ccncc2)cc1Cl. The van der Waals surface area contributed by atoms with Crippen molar-refractivity contribution >= 4 is 34.7 Å². The predicted molar refractivity (Wildman–Crippen MR) is 113 cm³/mol. The summed E-state index contributed by atoms with van der Waals surface area (Å²) in [6.07, 6.45) is 3.04. The van der Waals surface area contributed by atoms with Crippen LogP contribution in [0.3, 0.4) is 0 Å². The van der Waals surface area contributed by atoms with Gasteiger partial charge in [0.2, 0.25) is 0 Å². The van der Waals surface area contributed by atoms with Crippen LogP contribution < -0.4 is 9.64 Å². The third-order valence-corrected chi connectivity index (χ3v) is 5.29. The molecule has 1 atom stereocenters. The molecule has 0 saturated carbocycles. The smallest absolute Gasteiger partial charge is 0.300 e. The van der Waals surface area contributed by atoms with Gasteiger partial charge >= 0.3 is 0 Å². The second-order valence-electron chi connectivity index (χ2n) is 6.78. The first kappa shape index (κ1) is 20.6. The molecular formula is C23H16ClFN2O4. The first-order valence-electron chi connectivity index (χ1n) is 9.22. The van der Waals surface area contributed by atoms with Crippen LogP contribution in [-0.2, 0) is 9.59 Å². The Hall–Kier alpha value is -3.71. The van der Waals surface area contributed by atoms with Crippen LogP contribution >= 0.6 is 11.6 Å². The van der Waals surface area contributed by atoms with Crippen LogP contribution in [0.15, 0.2) is 72.6 Å². The van der Waals surface area contributed by atoms with Crippen LogP contribution in [0, 0.1) is 5.82 Å². The molecule has 6 nitrogen and oxygen atoms in total. The number of aliphatic hydroxyl groups is 1. The minimum atomic E-state index is -0.936. The number of halogens is 2. The lowest BCUT2D eigenvalue weighted by molar-refractivity contribution is -0.132. The Morgan fingerprint density at radius 3 is 2.39 bits per heavy atom. The van der Waals surface area contributed by atoms with Gasteiger partial charge in [-0.3, -0.25) is 19.5 Å². The summed E-state index contributed by atoms with van der Waals surface area (Å²) in [7, 11) is 1.46. The van der Waals surface area contributed by atoms with Crippen LogP contribution in [0.4, 0.5) is 10.1 Å². The third-order valence-electron chi connectivity index (χ3n) is 5.00. The fourth-order valence-electron chi connectivity index (χ4n) is 3.53. The Balaban J connectivity index is 1.92. The maximum atomic E-state index is 13.4. The molecule has 156 valence electrons. The van der Waals surface area contributed by atoms with Gasteiger partial charge in [-0.1, -0.05) is 11.6 Å². The quantitative estimate of drug-likeness (QED) is 0.368. The zero-order valence-corrected chi connectivity index (χ0v) is 17.0. The van der Waals surface area contributed by atoms with Crippen LogP contribution in [0.25, 0.3) is 5.76 Å². The lowest BCUT2D eigenvalue weighted by Gasteiger charge is -2.25. The molecule has 1 aliphatic rings. The van der Waals surface area contributed by atoms with Gasteiger partial charge in [0.1, 0.15) is 17.3 Å². The number of rotatable bonds is 4. The van der Waals surface area contributed by atoms with Gasteiger partial charge in [0.05, 0.1) is 23.7 Å². The highest BCUT2D eigenvalue weighted by atomic mass is 35.5. The summed E-state index contributed by atoms with van der Waals surface area (Å²) in [5.74, 6) is -2.16. The van der Waals surface area contributed by atoms with E-state index in [9.17, 15) is 19.1 Å². The highest BCUT2D eigenvalue weighted by Crippen LogP contribution is 2.42. The number of anilines is 1. The maximum Gasteiger partial charge on any atom is 0.300 e. The number of pyridine rings is 1. The monoisotopic (exact) mass is 438 g/mol.